The van der Waals surface area contributed by atoms with Crippen LogP contribution in [0.5, 0.6) is 0 Å². The predicted octanol–water partition coefficient (Wildman–Crippen LogP) is 2.81. The third kappa shape index (κ3) is 7.23. The fraction of sp³-hybridized carbons (Fsp3) is 0.667. The average molecular weight is 460 g/mol. The van der Waals surface area contributed by atoms with E-state index in [0.29, 0.717) is 18.1 Å². The summed E-state index contributed by atoms with van der Waals surface area (Å²) in [4.78, 5) is 34.0. The minimum Gasteiger partial charge on any atom is -0.483 e. The lowest BCUT2D eigenvalue weighted by atomic mass is 9.88. The number of ether oxygens (including phenoxy) is 1. The molecule has 9 nitrogen and oxygen atoms in total. The standard InChI is InChI=1S/C23H35N5O2.CH2O2/c1-18(2)6-12-27-13-8-23(9-14-27)7-5-19(30-23)15-25-21-17-24-16-20(26-21)22(29)28-10-3-4-11-28;2-1-3/h6,16-17,19H,3-5,7-15H2,1-2H3,(H,25,26);1H,(H,2,3). The van der Waals surface area contributed by atoms with Gasteiger partial charge in [-0.25, -0.2) is 4.98 Å². The molecule has 182 valence electrons. The number of rotatable bonds is 6. The summed E-state index contributed by atoms with van der Waals surface area (Å²) in [5.74, 6) is 0.640. The molecule has 0 saturated carbocycles. The summed E-state index contributed by atoms with van der Waals surface area (Å²) in [6, 6.07) is 0. The van der Waals surface area contributed by atoms with E-state index in [-0.39, 0.29) is 24.1 Å². The highest BCUT2D eigenvalue weighted by atomic mass is 16.5. The Morgan fingerprint density at radius 1 is 1.21 bits per heavy atom. The molecule has 1 unspecified atom stereocenters. The number of piperidine rings is 1. The van der Waals surface area contributed by atoms with Crippen LogP contribution < -0.4 is 5.32 Å². The van der Waals surface area contributed by atoms with Gasteiger partial charge in [0.25, 0.3) is 12.4 Å². The van der Waals surface area contributed by atoms with Crippen molar-refractivity contribution >= 4 is 18.2 Å². The van der Waals surface area contributed by atoms with Crippen molar-refractivity contribution in [2.45, 2.75) is 64.1 Å². The van der Waals surface area contributed by atoms with Gasteiger partial charge in [0.05, 0.1) is 24.1 Å². The Morgan fingerprint density at radius 3 is 2.58 bits per heavy atom. The molecule has 33 heavy (non-hydrogen) atoms. The molecule has 4 heterocycles. The number of aromatic nitrogens is 2. The first-order chi connectivity index (χ1) is 15.9. The molecule has 0 aliphatic carbocycles. The number of carboxylic acid groups (broad SMARTS) is 1. The van der Waals surface area contributed by atoms with Gasteiger partial charge in [0.2, 0.25) is 0 Å². The van der Waals surface area contributed by atoms with Crippen molar-refractivity contribution in [2.24, 2.45) is 0 Å². The molecule has 1 amide bonds. The maximum Gasteiger partial charge on any atom is 0.290 e. The number of hydrogen-bond acceptors (Lipinski definition) is 7. The molecule has 3 fully saturated rings. The van der Waals surface area contributed by atoms with Gasteiger partial charge in [-0.3, -0.25) is 19.5 Å². The maximum atomic E-state index is 12.5. The second kappa shape index (κ2) is 12.1. The van der Waals surface area contributed by atoms with Crippen molar-refractivity contribution in [1.29, 1.82) is 0 Å². The molecule has 3 saturated heterocycles. The van der Waals surface area contributed by atoms with Gasteiger partial charge < -0.3 is 20.1 Å². The van der Waals surface area contributed by atoms with Crippen LogP contribution in [0, 0.1) is 0 Å². The van der Waals surface area contributed by atoms with Crippen molar-refractivity contribution in [3.05, 3.63) is 29.7 Å². The highest BCUT2D eigenvalue weighted by molar-refractivity contribution is 5.92. The summed E-state index contributed by atoms with van der Waals surface area (Å²) in [5, 5.41) is 10.2. The molecular weight excluding hydrogens is 422 g/mol. The van der Waals surface area contributed by atoms with Crippen LogP contribution in [0.1, 0.15) is 62.9 Å². The van der Waals surface area contributed by atoms with Gasteiger partial charge in [-0.15, -0.1) is 0 Å². The molecular formula is C24H37N5O4. The van der Waals surface area contributed by atoms with Crippen molar-refractivity contribution < 1.29 is 19.4 Å². The third-order valence-corrected chi connectivity index (χ3v) is 6.62. The number of anilines is 1. The summed E-state index contributed by atoms with van der Waals surface area (Å²) in [6.45, 7) is 9.68. The third-order valence-electron chi connectivity index (χ3n) is 6.62. The molecule has 1 spiro atoms. The minimum absolute atomic E-state index is 0.0143. The monoisotopic (exact) mass is 459 g/mol. The zero-order valence-electron chi connectivity index (χ0n) is 19.8. The summed E-state index contributed by atoms with van der Waals surface area (Å²) in [6.07, 6.45) is 12.3. The Bertz CT molecular complexity index is 813. The lowest BCUT2D eigenvalue weighted by Crippen LogP contribution is -2.44. The second-order valence-corrected chi connectivity index (χ2v) is 9.32. The van der Waals surface area contributed by atoms with Gasteiger partial charge >= 0.3 is 0 Å². The number of carbonyl (C=O) groups is 2. The molecule has 0 radical (unpaired) electrons. The molecule has 3 aliphatic rings. The van der Waals surface area contributed by atoms with Gasteiger partial charge in [-0.1, -0.05) is 11.6 Å². The van der Waals surface area contributed by atoms with Crippen LogP contribution in [0.4, 0.5) is 5.82 Å². The van der Waals surface area contributed by atoms with E-state index in [2.05, 4.69) is 40.1 Å². The maximum absolute atomic E-state index is 12.5. The van der Waals surface area contributed by atoms with Crippen molar-refractivity contribution in [3.8, 4) is 0 Å². The fourth-order valence-corrected chi connectivity index (χ4v) is 4.72. The van der Waals surface area contributed by atoms with Gasteiger partial charge in [0.1, 0.15) is 11.5 Å². The van der Waals surface area contributed by atoms with Gasteiger partial charge in [-0.2, -0.15) is 0 Å². The second-order valence-electron chi connectivity index (χ2n) is 9.32. The van der Waals surface area contributed by atoms with Crippen molar-refractivity contribution in [3.63, 3.8) is 0 Å². The average Bonchev–Trinajstić information content (AvgIpc) is 3.49. The molecule has 9 heteroatoms. The molecule has 1 atom stereocenters. The van der Waals surface area contributed by atoms with E-state index in [1.54, 1.807) is 12.4 Å². The topological polar surface area (TPSA) is 108 Å². The zero-order valence-corrected chi connectivity index (χ0v) is 19.8. The van der Waals surface area contributed by atoms with Crippen LogP contribution in [0.25, 0.3) is 0 Å². The summed E-state index contributed by atoms with van der Waals surface area (Å²) in [7, 11) is 0. The number of allylic oxidation sites excluding steroid dienone is 1. The van der Waals surface area contributed by atoms with Crippen molar-refractivity contribution in [2.75, 3.05) is 44.6 Å². The number of likely N-dealkylation sites (tertiary alicyclic amines) is 2. The van der Waals surface area contributed by atoms with E-state index in [0.717, 1.165) is 71.2 Å². The lowest BCUT2D eigenvalue weighted by Gasteiger charge is -2.39. The van der Waals surface area contributed by atoms with E-state index in [1.807, 2.05) is 4.90 Å². The SMILES string of the molecule is CC(C)=CCN1CCC2(CCC(CNc3cncc(C(=O)N4CCCC4)n3)O2)CC1.O=CO. The number of hydrogen-bond donors (Lipinski definition) is 2. The van der Waals surface area contributed by atoms with Gasteiger partial charge in [0.15, 0.2) is 0 Å². The van der Waals surface area contributed by atoms with Crippen molar-refractivity contribution in [1.82, 2.24) is 19.8 Å². The zero-order chi connectivity index (χ0) is 23.7. The Hall–Kier alpha value is -2.52. The first-order valence-corrected chi connectivity index (χ1v) is 11.9. The summed E-state index contributed by atoms with van der Waals surface area (Å²) < 4.78 is 6.52. The van der Waals surface area contributed by atoms with E-state index < -0.39 is 0 Å². The summed E-state index contributed by atoms with van der Waals surface area (Å²) in [5.41, 5.74) is 1.86. The largest absolute Gasteiger partial charge is 0.483 e. The van der Waals surface area contributed by atoms with E-state index >= 15 is 0 Å². The molecule has 0 bridgehead atoms. The highest BCUT2D eigenvalue weighted by Gasteiger charge is 2.42. The van der Waals surface area contributed by atoms with Crippen LogP contribution in [0.15, 0.2) is 24.0 Å². The number of amides is 1. The van der Waals surface area contributed by atoms with Crippen LogP contribution in [-0.2, 0) is 9.53 Å². The Kier molecular flexibility index (Phi) is 9.20. The highest BCUT2D eigenvalue weighted by Crippen LogP contribution is 2.38. The lowest BCUT2D eigenvalue weighted by molar-refractivity contribution is -0.122. The van der Waals surface area contributed by atoms with E-state index in [1.165, 1.54) is 5.57 Å². The molecule has 3 aliphatic heterocycles. The van der Waals surface area contributed by atoms with Crippen LogP contribution in [-0.4, -0.2) is 88.2 Å². The molecule has 4 rings (SSSR count). The molecule has 1 aromatic heterocycles. The van der Waals surface area contributed by atoms with E-state index in [9.17, 15) is 4.79 Å². The van der Waals surface area contributed by atoms with Gasteiger partial charge in [0, 0.05) is 39.3 Å². The smallest absolute Gasteiger partial charge is 0.290 e. The summed E-state index contributed by atoms with van der Waals surface area (Å²) >= 11 is 0. The first-order valence-electron chi connectivity index (χ1n) is 11.9. The number of nitrogens with one attached hydrogen (secondary N) is 1. The number of nitrogens with zero attached hydrogens (tertiary/aromatic N) is 4. The minimum atomic E-state index is -0.250. The Labute approximate surface area is 196 Å². The van der Waals surface area contributed by atoms with Crippen LogP contribution in [0.2, 0.25) is 0 Å². The Morgan fingerprint density at radius 2 is 1.91 bits per heavy atom. The Balaban J connectivity index is 0.000000968. The number of carbonyl (C=O) groups excluding carboxylic acids is 1. The van der Waals surface area contributed by atoms with Crippen LogP contribution >= 0.6 is 0 Å². The quantitative estimate of drug-likeness (QED) is 0.494. The van der Waals surface area contributed by atoms with Gasteiger partial charge in [-0.05, 0) is 52.4 Å². The van der Waals surface area contributed by atoms with Crippen LogP contribution in [0.3, 0.4) is 0 Å². The first kappa shape index (κ1) is 25.1. The fourth-order valence-electron chi connectivity index (χ4n) is 4.72. The normalized spacial score (nSPS) is 21.9. The molecule has 2 N–H and O–H groups in total. The van der Waals surface area contributed by atoms with E-state index in [4.69, 9.17) is 14.6 Å². The molecule has 1 aromatic rings. The predicted molar refractivity (Wildman–Crippen MR) is 126 cm³/mol. The molecule has 0 aromatic carbocycles.